The Bertz CT molecular complexity index is 1250. The van der Waals surface area contributed by atoms with E-state index in [1.807, 2.05) is 47.3 Å². The van der Waals surface area contributed by atoms with E-state index in [1.165, 1.54) is 12.8 Å². The summed E-state index contributed by atoms with van der Waals surface area (Å²) in [6.07, 6.45) is 4.31. The Morgan fingerprint density at radius 3 is 2.90 bits per heavy atom. The van der Waals surface area contributed by atoms with Gasteiger partial charge >= 0.3 is 0 Å². The molecule has 1 aliphatic heterocycles. The second-order valence-corrected chi connectivity index (χ2v) is 8.79. The van der Waals surface area contributed by atoms with Gasteiger partial charge < -0.3 is 10.3 Å². The average molecular weight is 417 g/mol. The molecule has 1 atom stereocenters. The van der Waals surface area contributed by atoms with Crippen LogP contribution in [0, 0.1) is 0 Å². The van der Waals surface area contributed by atoms with Crippen molar-refractivity contribution in [1.29, 1.82) is 0 Å². The Hall–Kier alpha value is -3.19. The highest BCUT2D eigenvalue weighted by molar-refractivity contribution is 6.06. The molecule has 2 aromatic carbocycles. The van der Waals surface area contributed by atoms with Gasteiger partial charge in [-0.05, 0) is 76.6 Å². The normalized spacial score (nSPS) is 17.2. The summed E-state index contributed by atoms with van der Waals surface area (Å²) in [5.74, 6) is 0.837. The van der Waals surface area contributed by atoms with E-state index < -0.39 is 0 Å². The van der Waals surface area contributed by atoms with Gasteiger partial charge in [-0.25, -0.2) is 4.98 Å². The Labute approximate surface area is 181 Å². The third-order valence-corrected chi connectivity index (χ3v) is 6.18. The number of amides is 1. The highest BCUT2D eigenvalue weighted by Gasteiger charge is 2.21. The Balaban J connectivity index is 1.33. The van der Waals surface area contributed by atoms with E-state index >= 15 is 0 Å². The fourth-order valence-electron chi connectivity index (χ4n) is 4.44. The maximum absolute atomic E-state index is 12.8. The number of hydrogen-bond donors (Lipinski definition) is 2. The quantitative estimate of drug-likeness (QED) is 0.493. The molecule has 31 heavy (non-hydrogen) atoms. The number of hydrogen-bond acceptors (Lipinski definition) is 4. The zero-order chi connectivity index (χ0) is 21.5. The van der Waals surface area contributed by atoms with Gasteiger partial charge in [0.15, 0.2) is 0 Å². The molecule has 0 bridgehead atoms. The number of rotatable bonds is 5. The number of benzene rings is 2. The zero-order valence-electron chi connectivity index (χ0n) is 18.2. The molecule has 0 aliphatic carbocycles. The SMILES string of the molecule is CC1CCCN1Cc1nc2ccc(NC(=O)c3ccc4c(cnn4C(C)C)c3)cc2[nH]1. The molecule has 1 aliphatic rings. The van der Waals surface area contributed by atoms with E-state index in [9.17, 15) is 4.79 Å². The van der Waals surface area contributed by atoms with E-state index in [4.69, 9.17) is 4.98 Å². The van der Waals surface area contributed by atoms with Crippen LogP contribution in [0.4, 0.5) is 5.69 Å². The van der Waals surface area contributed by atoms with Gasteiger partial charge in [0.1, 0.15) is 5.82 Å². The first-order chi connectivity index (χ1) is 15.0. The molecule has 5 rings (SSSR count). The van der Waals surface area contributed by atoms with Crippen LogP contribution in [0.2, 0.25) is 0 Å². The lowest BCUT2D eigenvalue weighted by atomic mass is 10.1. The minimum absolute atomic E-state index is 0.135. The van der Waals surface area contributed by atoms with Gasteiger partial charge in [-0.15, -0.1) is 0 Å². The number of H-pyrrole nitrogens is 1. The zero-order valence-corrected chi connectivity index (χ0v) is 18.2. The molecule has 4 aromatic rings. The van der Waals surface area contributed by atoms with Gasteiger partial charge in [0, 0.05) is 28.7 Å². The summed E-state index contributed by atoms with van der Waals surface area (Å²) in [4.78, 5) is 23.4. The summed E-state index contributed by atoms with van der Waals surface area (Å²) in [6.45, 7) is 8.42. The molecule has 2 aromatic heterocycles. The van der Waals surface area contributed by atoms with E-state index in [2.05, 4.69) is 41.1 Å². The average Bonchev–Trinajstić information content (AvgIpc) is 3.45. The molecule has 0 spiro atoms. The summed E-state index contributed by atoms with van der Waals surface area (Å²) in [5, 5.41) is 8.40. The summed E-state index contributed by atoms with van der Waals surface area (Å²) in [7, 11) is 0. The number of nitrogens with zero attached hydrogens (tertiary/aromatic N) is 4. The van der Waals surface area contributed by atoms with Gasteiger partial charge in [-0.3, -0.25) is 14.4 Å². The molecule has 1 unspecified atom stereocenters. The van der Waals surface area contributed by atoms with Crippen molar-refractivity contribution in [2.24, 2.45) is 0 Å². The predicted octanol–water partition coefficient (Wildman–Crippen LogP) is 4.73. The minimum Gasteiger partial charge on any atom is -0.341 e. The standard InChI is InChI=1S/C24H28N6O/c1-15(2)30-22-9-6-17(11-18(22)13-25-30)24(31)26-19-7-8-20-21(12-19)28-23(27-20)14-29-10-4-5-16(29)3/h6-9,11-13,15-16H,4-5,10,14H2,1-3H3,(H,26,31)(H,27,28). The lowest BCUT2D eigenvalue weighted by molar-refractivity contribution is 0.102. The molecular weight excluding hydrogens is 388 g/mol. The van der Waals surface area contributed by atoms with Crippen LogP contribution in [0.25, 0.3) is 21.9 Å². The van der Waals surface area contributed by atoms with Crippen LogP contribution in [0.1, 0.15) is 55.8 Å². The van der Waals surface area contributed by atoms with Crippen molar-refractivity contribution in [3.8, 4) is 0 Å². The van der Waals surface area contributed by atoms with Crippen molar-refractivity contribution < 1.29 is 4.79 Å². The second-order valence-electron chi connectivity index (χ2n) is 8.79. The van der Waals surface area contributed by atoms with Crippen LogP contribution in [0.5, 0.6) is 0 Å². The summed E-state index contributed by atoms with van der Waals surface area (Å²) < 4.78 is 1.96. The molecule has 2 N–H and O–H groups in total. The number of carbonyl (C=O) groups excluding carboxylic acids is 1. The smallest absolute Gasteiger partial charge is 0.255 e. The molecular formula is C24H28N6O. The first-order valence-corrected chi connectivity index (χ1v) is 11.0. The van der Waals surface area contributed by atoms with Crippen molar-refractivity contribution in [2.75, 3.05) is 11.9 Å². The Morgan fingerprint density at radius 2 is 2.13 bits per heavy atom. The highest BCUT2D eigenvalue weighted by atomic mass is 16.1. The number of likely N-dealkylation sites (tertiary alicyclic amines) is 1. The minimum atomic E-state index is -0.135. The number of imidazole rings is 1. The summed E-state index contributed by atoms with van der Waals surface area (Å²) in [6, 6.07) is 12.4. The van der Waals surface area contributed by atoms with E-state index in [1.54, 1.807) is 0 Å². The summed E-state index contributed by atoms with van der Waals surface area (Å²) in [5.41, 5.74) is 4.25. The largest absolute Gasteiger partial charge is 0.341 e. The van der Waals surface area contributed by atoms with Crippen LogP contribution in [0.15, 0.2) is 42.6 Å². The topological polar surface area (TPSA) is 78.8 Å². The number of nitrogens with one attached hydrogen (secondary N) is 2. The molecule has 1 saturated heterocycles. The van der Waals surface area contributed by atoms with Crippen molar-refractivity contribution in [3.63, 3.8) is 0 Å². The fourth-order valence-corrected chi connectivity index (χ4v) is 4.44. The van der Waals surface area contributed by atoms with Crippen LogP contribution in [-0.2, 0) is 6.54 Å². The Morgan fingerprint density at radius 1 is 1.26 bits per heavy atom. The molecule has 0 radical (unpaired) electrons. The fraction of sp³-hybridized carbons (Fsp3) is 0.375. The molecule has 7 heteroatoms. The van der Waals surface area contributed by atoms with Crippen LogP contribution < -0.4 is 5.32 Å². The van der Waals surface area contributed by atoms with Gasteiger partial charge in [-0.1, -0.05) is 0 Å². The monoisotopic (exact) mass is 416 g/mol. The number of anilines is 1. The molecule has 3 heterocycles. The highest BCUT2D eigenvalue weighted by Crippen LogP contribution is 2.23. The lowest BCUT2D eigenvalue weighted by Crippen LogP contribution is -2.26. The van der Waals surface area contributed by atoms with Crippen LogP contribution in [-0.4, -0.2) is 43.1 Å². The number of fused-ring (bicyclic) bond motifs is 2. The summed E-state index contributed by atoms with van der Waals surface area (Å²) >= 11 is 0. The molecule has 1 fully saturated rings. The second kappa shape index (κ2) is 7.81. The van der Waals surface area contributed by atoms with Crippen molar-refractivity contribution in [2.45, 2.75) is 52.2 Å². The lowest BCUT2D eigenvalue weighted by Gasteiger charge is -2.19. The number of aromatic amines is 1. The first kappa shape index (κ1) is 19.8. The third-order valence-electron chi connectivity index (χ3n) is 6.18. The van der Waals surface area contributed by atoms with Crippen molar-refractivity contribution >= 4 is 33.5 Å². The maximum Gasteiger partial charge on any atom is 0.255 e. The van der Waals surface area contributed by atoms with Gasteiger partial charge in [-0.2, -0.15) is 5.10 Å². The molecule has 7 nitrogen and oxygen atoms in total. The first-order valence-electron chi connectivity index (χ1n) is 11.0. The van der Waals surface area contributed by atoms with Crippen LogP contribution >= 0.6 is 0 Å². The van der Waals surface area contributed by atoms with Gasteiger partial charge in [0.25, 0.3) is 5.91 Å². The molecule has 160 valence electrons. The number of carbonyl (C=O) groups is 1. The maximum atomic E-state index is 12.8. The Kier molecular flexibility index (Phi) is 4.98. The van der Waals surface area contributed by atoms with E-state index in [-0.39, 0.29) is 11.9 Å². The van der Waals surface area contributed by atoms with Crippen LogP contribution in [0.3, 0.4) is 0 Å². The van der Waals surface area contributed by atoms with Crippen molar-refractivity contribution in [3.05, 3.63) is 54.0 Å². The predicted molar refractivity (Wildman–Crippen MR) is 123 cm³/mol. The molecule has 1 amide bonds. The van der Waals surface area contributed by atoms with Gasteiger partial charge in [0.05, 0.1) is 29.3 Å². The van der Waals surface area contributed by atoms with Gasteiger partial charge in [0.2, 0.25) is 0 Å². The van der Waals surface area contributed by atoms with E-state index in [0.29, 0.717) is 11.6 Å². The van der Waals surface area contributed by atoms with Crippen molar-refractivity contribution in [1.82, 2.24) is 24.6 Å². The molecule has 0 saturated carbocycles. The van der Waals surface area contributed by atoms with E-state index in [0.717, 1.165) is 46.5 Å². The number of aromatic nitrogens is 4. The third kappa shape index (κ3) is 3.81.